The van der Waals surface area contributed by atoms with Gasteiger partial charge in [-0.3, -0.25) is 14.8 Å². The van der Waals surface area contributed by atoms with E-state index in [9.17, 15) is 9.18 Å². The minimum absolute atomic E-state index is 0.0559. The topological polar surface area (TPSA) is 52.2 Å². The molecule has 3 rings (SSSR count). The Morgan fingerprint density at radius 1 is 1.28 bits per heavy atom. The van der Waals surface area contributed by atoms with Crippen LogP contribution < -0.4 is 0 Å². The Morgan fingerprint density at radius 3 is 2.64 bits per heavy atom. The fourth-order valence-corrected chi connectivity index (χ4v) is 3.30. The fraction of sp³-hybridized carbons (Fsp3) is 0.474. The Bertz CT molecular complexity index is 748. The molecule has 1 aliphatic rings. The molecule has 1 fully saturated rings. The van der Waals surface area contributed by atoms with Gasteiger partial charge in [0, 0.05) is 38.4 Å². The number of hydrogen-bond donors (Lipinski definition) is 1. The molecule has 25 heavy (non-hydrogen) atoms. The van der Waals surface area contributed by atoms with Crippen molar-refractivity contribution in [1.82, 2.24) is 20.0 Å². The van der Waals surface area contributed by atoms with Crippen LogP contribution >= 0.6 is 0 Å². The second kappa shape index (κ2) is 7.35. The molecule has 0 atom stereocenters. The van der Waals surface area contributed by atoms with E-state index in [1.807, 2.05) is 31.7 Å². The number of carbonyl (C=O) groups excluding carboxylic acids is 1. The van der Waals surface area contributed by atoms with Gasteiger partial charge in [-0.25, -0.2) is 4.39 Å². The SMILES string of the molecule is Cc1[nH]nc(C(C)C)c1C(=O)N1CCN(Cc2cccc(F)c2)CC1. The summed E-state index contributed by atoms with van der Waals surface area (Å²) in [6, 6.07) is 6.70. The van der Waals surface area contributed by atoms with E-state index in [1.54, 1.807) is 12.1 Å². The standard InChI is InChI=1S/C19H25FN4O/c1-13(2)18-17(14(3)21-22-18)19(25)24-9-7-23(8-10-24)12-15-5-4-6-16(20)11-15/h4-6,11,13H,7-10,12H2,1-3H3,(H,21,22). The molecule has 6 heteroatoms. The molecule has 0 saturated carbocycles. The zero-order chi connectivity index (χ0) is 18.0. The zero-order valence-electron chi connectivity index (χ0n) is 15.1. The number of hydrogen-bond acceptors (Lipinski definition) is 3. The average Bonchev–Trinajstić information content (AvgIpc) is 2.97. The first-order valence-corrected chi connectivity index (χ1v) is 8.76. The Kier molecular flexibility index (Phi) is 5.18. The van der Waals surface area contributed by atoms with E-state index in [4.69, 9.17) is 0 Å². The van der Waals surface area contributed by atoms with Gasteiger partial charge in [0.25, 0.3) is 5.91 Å². The summed E-state index contributed by atoms with van der Waals surface area (Å²) in [5, 5.41) is 7.23. The number of nitrogens with zero attached hydrogens (tertiary/aromatic N) is 3. The first kappa shape index (κ1) is 17.6. The summed E-state index contributed by atoms with van der Waals surface area (Å²) >= 11 is 0. The van der Waals surface area contributed by atoms with Crippen molar-refractivity contribution in [3.63, 3.8) is 0 Å². The molecule has 1 aliphatic heterocycles. The Hall–Kier alpha value is -2.21. The summed E-state index contributed by atoms with van der Waals surface area (Å²) < 4.78 is 13.3. The number of aromatic nitrogens is 2. The monoisotopic (exact) mass is 344 g/mol. The number of H-pyrrole nitrogens is 1. The highest BCUT2D eigenvalue weighted by Gasteiger charge is 2.27. The number of nitrogens with one attached hydrogen (secondary N) is 1. The predicted octanol–water partition coefficient (Wildman–Crippen LogP) is 2.94. The first-order chi connectivity index (χ1) is 12.0. The number of aryl methyl sites for hydroxylation is 1. The van der Waals surface area contributed by atoms with Gasteiger partial charge in [-0.1, -0.05) is 26.0 Å². The molecule has 0 spiro atoms. The van der Waals surface area contributed by atoms with Crippen molar-refractivity contribution in [2.75, 3.05) is 26.2 Å². The lowest BCUT2D eigenvalue weighted by Gasteiger charge is -2.35. The summed E-state index contributed by atoms with van der Waals surface area (Å²) in [6.07, 6.45) is 0. The van der Waals surface area contributed by atoms with Gasteiger partial charge >= 0.3 is 0 Å². The molecule has 1 N–H and O–H groups in total. The lowest BCUT2D eigenvalue weighted by atomic mass is 10.0. The molecule has 1 aromatic heterocycles. The number of amides is 1. The van der Waals surface area contributed by atoms with Crippen LogP contribution in [0.5, 0.6) is 0 Å². The maximum Gasteiger partial charge on any atom is 0.257 e. The molecular formula is C19H25FN4O. The molecule has 0 unspecified atom stereocenters. The van der Waals surface area contributed by atoms with Crippen LogP contribution in [-0.2, 0) is 6.54 Å². The van der Waals surface area contributed by atoms with Crippen molar-refractivity contribution in [3.05, 3.63) is 52.6 Å². The molecule has 1 amide bonds. The second-order valence-corrected chi connectivity index (χ2v) is 6.96. The molecule has 0 bridgehead atoms. The van der Waals surface area contributed by atoms with Crippen molar-refractivity contribution < 1.29 is 9.18 Å². The van der Waals surface area contributed by atoms with Crippen molar-refractivity contribution in [3.8, 4) is 0 Å². The van der Waals surface area contributed by atoms with E-state index in [0.717, 1.165) is 30.0 Å². The number of aromatic amines is 1. The van der Waals surface area contributed by atoms with E-state index in [1.165, 1.54) is 6.07 Å². The van der Waals surface area contributed by atoms with Crippen molar-refractivity contribution in [2.24, 2.45) is 0 Å². The third kappa shape index (κ3) is 3.90. The maximum atomic E-state index is 13.3. The smallest absolute Gasteiger partial charge is 0.257 e. The van der Waals surface area contributed by atoms with Crippen molar-refractivity contribution in [2.45, 2.75) is 33.2 Å². The molecule has 134 valence electrons. The Morgan fingerprint density at radius 2 is 2.00 bits per heavy atom. The average molecular weight is 344 g/mol. The minimum atomic E-state index is -0.206. The van der Waals surface area contributed by atoms with Gasteiger partial charge in [0.15, 0.2) is 0 Å². The van der Waals surface area contributed by atoms with Gasteiger partial charge < -0.3 is 4.90 Å². The van der Waals surface area contributed by atoms with Gasteiger partial charge in [0.05, 0.1) is 11.3 Å². The van der Waals surface area contributed by atoms with Crippen LogP contribution in [-0.4, -0.2) is 52.1 Å². The number of rotatable bonds is 4. The lowest BCUT2D eigenvalue weighted by Crippen LogP contribution is -2.48. The van der Waals surface area contributed by atoms with E-state index in [2.05, 4.69) is 15.1 Å². The van der Waals surface area contributed by atoms with Gasteiger partial charge in [-0.15, -0.1) is 0 Å². The molecule has 2 aromatic rings. The summed E-state index contributed by atoms with van der Waals surface area (Å²) in [6.45, 7) is 9.62. The molecule has 0 radical (unpaired) electrons. The first-order valence-electron chi connectivity index (χ1n) is 8.76. The molecule has 0 aliphatic carbocycles. The Labute approximate surface area is 147 Å². The molecule has 5 nitrogen and oxygen atoms in total. The van der Waals surface area contributed by atoms with Gasteiger partial charge in [-0.05, 0) is 30.5 Å². The lowest BCUT2D eigenvalue weighted by molar-refractivity contribution is 0.0626. The normalized spacial score (nSPS) is 15.8. The van der Waals surface area contributed by atoms with Crippen molar-refractivity contribution in [1.29, 1.82) is 0 Å². The summed E-state index contributed by atoms with van der Waals surface area (Å²) in [5.41, 5.74) is 3.35. The van der Waals surface area contributed by atoms with Crippen LogP contribution in [0.2, 0.25) is 0 Å². The highest BCUT2D eigenvalue weighted by molar-refractivity contribution is 5.96. The fourth-order valence-electron chi connectivity index (χ4n) is 3.30. The quantitative estimate of drug-likeness (QED) is 0.928. The van der Waals surface area contributed by atoms with Crippen LogP contribution in [0.1, 0.15) is 47.1 Å². The summed E-state index contributed by atoms with van der Waals surface area (Å²) in [7, 11) is 0. The van der Waals surface area contributed by atoms with Crippen LogP contribution in [0.3, 0.4) is 0 Å². The number of carbonyl (C=O) groups is 1. The van der Waals surface area contributed by atoms with Gasteiger partial charge in [0.2, 0.25) is 0 Å². The number of benzene rings is 1. The third-order valence-electron chi connectivity index (χ3n) is 4.69. The minimum Gasteiger partial charge on any atom is -0.336 e. The van der Waals surface area contributed by atoms with Crippen LogP contribution in [0.25, 0.3) is 0 Å². The third-order valence-corrected chi connectivity index (χ3v) is 4.69. The van der Waals surface area contributed by atoms with Gasteiger partial charge in [-0.2, -0.15) is 5.10 Å². The largest absolute Gasteiger partial charge is 0.336 e. The molecule has 1 aromatic carbocycles. The Balaban J connectivity index is 1.62. The van der Waals surface area contributed by atoms with Crippen LogP contribution in [0.15, 0.2) is 24.3 Å². The maximum absolute atomic E-state index is 13.3. The highest BCUT2D eigenvalue weighted by Crippen LogP contribution is 2.22. The number of piperazine rings is 1. The van der Waals surface area contributed by atoms with Gasteiger partial charge in [0.1, 0.15) is 5.82 Å². The van der Waals surface area contributed by atoms with E-state index in [-0.39, 0.29) is 17.6 Å². The van der Waals surface area contributed by atoms with Crippen LogP contribution in [0, 0.1) is 12.7 Å². The highest BCUT2D eigenvalue weighted by atomic mass is 19.1. The van der Waals surface area contributed by atoms with E-state index < -0.39 is 0 Å². The summed E-state index contributed by atoms with van der Waals surface area (Å²) in [5.74, 6) is 0.0569. The number of halogens is 1. The molecular weight excluding hydrogens is 319 g/mol. The molecule has 1 saturated heterocycles. The molecule has 2 heterocycles. The van der Waals surface area contributed by atoms with E-state index >= 15 is 0 Å². The predicted molar refractivity (Wildman–Crippen MR) is 95.0 cm³/mol. The van der Waals surface area contributed by atoms with Crippen molar-refractivity contribution >= 4 is 5.91 Å². The van der Waals surface area contributed by atoms with Crippen LogP contribution in [0.4, 0.5) is 4.39 Å². The zero-order valence-corrected chi connectivity index (χ0v) is 15.1. The van der Waals surface area contributed by atoms with E-state index in [0.29, 0.717) is 25.2 Å². The summed E-state index contributed by atoms with van der Waals surface area (Å²) in [4.78, 5) is 17.1. The second-order valence-electron chi connectivity index (χ2n) is 6.96.